The molecule has 1 aliphatic rings. The second-order valence-electron chi connectivity index (χ2n) is 4.64. The van der Waals surface area contributed by atoms with E-state index in [1.807, 2.05) is 0 Å². The monoisotopic (exact) mass is 360 g/mol. The van der Waals surface area contributed by atoms with Gasteiger partial charge in [0.25, 0.3) is 0 Å². The predicted molar refractivity (Wildman–Crippen MR) is 90.3 cm³/mol. The van der Waals surface area contributed by atoms with E-state index in [4.69, 9.17) is 5.53 Å². The minimum Gasteiger partial charge on any atom is -0.340 e. The molecular formula is C15H13BrN4S. The topological polar surface area (TPSA) is 52.0 Å². The van der Waals surface area contributed by atoms with Crippen LogP contribution in [0.15, 0.2) is 61.8 Å². The minimum absolute atomic E-state index is 0.522. The molecule has 0 unspecified atom stereocenters. The summed E-state index contributed by atoms with van der Waals surface area (Å²) in [4.78, 5) is 7.62. The van der Waals surface area contributed by atoms with Crippen molar-refractivity contribution >= 4 is 39.1 Å². The third kappa shape index (κ3) is 3.02. The Morgan fingerprint density at radius 3 is 2.81 bits per heavy atom. The van der Waals surface area contributed by atoms with Gasteiger partial charge in [-0.25, -0.2) is 0 Å². The zero-order valence-corrected chi connectivity index (χ0v) is 13.6. The van der Waals surface area contributed by atoms with Gasteiger partial charge in [0.05, 0.1) is 11.4 Å². The van der Waals surface area contributed by atoms with Gasteiger partial charge in [0.1, 0.15) is 0 Å². The van der Waals surface area contributed by atoms with Crippen LogP contribution in [0.1, 0.15) is 6.42 Å². The third-order valence-corrected chi connectivity index (χ3v) is 4.90. The van der Waals surface area contributed by atoms with Gasteiger partial charge in [-0.3, -0.25) is 0 Å². The van der Waals surface area contributed by atoms with E-state index in [0.717, 1.165) is 17.4 Å². The Balaban J connectivity index is 1.95. The average molecular weight is 361 g/mol. The molecule has 0 saturated heterocycles. The van der Waals surface area contributed by atoms with Crippen LogP contribution >= 0.6 is 27.7 Å². The number of halogens is 1. The minimum atomic E-state index is 0.522. The van der Waals surface area contributed by atoms with E-state index in [1.54, 1.807) is 11.8 Å². The standard InChI is InChI=1S/C15H13BrN4S/c16-11-6-7-13-15(10-11)21-14-5-2-1-4-12(14)20(13)9-3-8-18-19-17/h1-2,4-7,10H,3,8-9H2. The first-order chi connectivity index (χ1) is 10.3. The third-order valence-electron chi connectivity index (χ3n) is 3.29. The molecule has 0 fully saturated rings. The Kier molecular flexibility index (Phi) is 4.39. The van der Waals surface area contributed by atoms with Gasteiger partial charge < -0.3 is 4.90 Å². The Morgan fingerprint density at radius 2 is 1.95 bits per heavy atom. The highest BCUT2D eigenvalue weighted by Crippen LogP contribution is 2.48. The van der Waals surface area contributed by atoms with Gasteiger partial charge in [0, 0.05) is 32.3 Å². The molecule has 2 aromatic carbocycles. The molecule has 3 rings (SSSR count). The number of hydrogen-bond acceptors (Lipinski definition) is 3. The Hall–Kier alpha value is -1.62. The van der Waals surface area contributed by atoms with E-state index in [2.05, 4.69) is 73.3 Å². The fourth-order valence-electron chi connectivity index (χ4n) is 2.39. The number of azide groups is 1. The number of benzene rings is 2. The van der Waals surface area contributed by atoms with Crippen molar-refractivity contribution in [2.75, 3.05) is 18.0 Å². The molecule has 0 spiro atoms. The number of nitrogens with zero attached hydrogens (tertiary/aromatic N) is 4. The number of para-hydroxylation sites is 1. The molecule has 2 aromatic rings. The van der Waals surface area contributed by atoms with Crippen LogP contribution in [0.4, 0.5) is 11.4 Å². The maximum absolute atomic E-state index is 8.39. The van der Waals surface area contributed by atoms with Crippen LogP contribution < -0.4 is 4.90 Å². The van der Waals surface area contributed by atoms with Gasteiger partial charge in [0.15, 0.2) is 0 Å². The van der Waals surface area contributed by atoms with E-state index in [9.17, 15) is 0 Å². The van der Waals surface area contributed by atoms with Gasteiger partial charge >= 0.3 is 0 Å². The molecule has 0 saturated carbocycles. The highest BCUT2D eigenvalue weighted by molar-refractivity contribution is 9.10. The van der Waals surface area contributed by atoms with E-state index in [0.29, 0.717) is 6.54 Å². The van der Waals surface area contributed by atoms with Crippen LogP contribution in [0.25, 0.3) is 10.4 Å². The SMILES string of the molecule is [N-]=[N+]=NCCCN1c2ccccc2Sc2cc(Br)ccc21. The van der Waals surface area contributed by atoms with Crippen LogP contribution in [0.3, 0.4) is 0 Å². The van der Waals surface area contributed by atoms with Gasteiger partial charge in [-0.1, -0.05) is 44.9 Å². The summed E-state index contributed by atoms with van der Waals surface area (Å²) in [5.74, 6) is 0. The van der Waals surface area contributed by atoms with Crippen LogP contribution in [-0.2, 0) is 0 Å². The second-order valence-corrected chi connectivity index (χ2v) is 6.64. The van der Waals surface area contributed by atoms with E-state index >= 15 is 0 Å². The first-order valence-electron chi connectivity index (χ1n) is 6.64. The summed E-state index contributed by atoms with van der Waals surface area (Å²) < 4.78 is 1.09. The van der Waals surface area contributed by atoms with Crippen molar-refractivity contribution in [1.29, 1.82) is 0 Å². The van der Waals surface area contributed by atoms with Crippen molar-refractivity contribution < 1.29 is 0 Å². The van der Waals surface area contributed by atoms with Crippen molar-refractivity contribution in [2.24, 2.45) is 5.11 Å². The number of anilines is 2. The summed E-state index contributed by atoms with van der Waals surface area (Å²) in [6.07, 6.45) is 0.832. The van der Waals surface area contributed by atoms with Crippen LogP contribution in [0, 0.1) is 0 Å². The Labute approximate surface area is 135 Å². The maximum Gasteiger partial charge on any atom is 0.0553 e. The van der Waals surface area contributed by atoms with Crippen LogP contribution in [-0.4, -0.2) is 13.1 Å². The molecule has 0 aromatic heterocycles. The second kappa shape index (κ2) is 6.43. The lowest BCUT2D eigenvalue weighted by Crippen LogP contribution is -2.22. The normalized spacial score (nSPS) is 12.3. The largest absolute Gasteiger partial charge is 0.340 e. The van der Waals surface area contributed by atoms with Gasteiger partial charge in [-0.05, 0) is 42.3 Å². The Bertz CT molecular complexity index is 713. The molecule has 0 radical (unpaired) electrons. The van der Waals surface area contributed by atoms with Gasteiger partial charge in [0.2, 0.25) is 0 Å². The molecule has 21 heavy (non-hydrogen) atoms. The number of fused-ring (bicyclic) bond motifs is 2. The molecule has 0 amide bonds. The number of rotatable bonds is 4. The summed E-state index contributed by atoms with van der Waals surface area (Å²) in [7, 11) is 0. The van der Waals surface area contributed by atoms with Crippen LogP contribution in [0.2, 0.25) is 0 Å². The molecule has 4 nitrogen and oxygen atoms in total. The molecule has 0 bridgehead atoms. The first-order valence-corrected chi connectivity index (χ1v) is 8.25. The summed E-state index contributed by atoms with van der Waals surface area (Å²) in [6, 6.07) is 14.8. The van der Waals surface area contributed by atoms with Gasteiger partial charge in [-0.2, -0.15) is 0 Å². The molecule has 1 aliphatic heterocycles. The summed E-state index contributed by atoms with van der Waals surface area (Å²) in [5, 5.41) is 3.62. The fourth-order valence-corrected chi connectivity index (χ4v) is 4.04. The molecule has 0 atom stereocenters. The Morgan fingerprint density at radius 1 is 1.14 bits per heavy atom. The van der Waals surface area contributed by atoms with Crippen molar-refractivity contribution in [3.63, 3.8) is 0 Å². The lowest BCUT2D eigenvalue weighted by molar-refractivity contribution is 0.803. The highest BCUT2D eigenvalue weighted by Gasteiger charge is 2.22. The van der Waals surface area contributed by atoms with Crippen molar-refractivity contribution in [3.05, 3.63) is 57.4 Å². The van der Waals surface area contributed by atoms with E-state index < -0.39 is 0 Å². The molecule has 6 heteroatoms. The quantitative estimate of drug-likeness (QED) is 0.301. The summed E-state index contributed by atoms with van der Waals surface area (Å²) in [5.41, 5.74) is 10.8. The predicted octanol–water partition coefficient (Wildman–Crippen LogP) is 5.75. The molecule has 1 heterocycles. The van der Waals surface area contributed by atoms with E-state index in [1.165, 1.54) is 21.2 Å². The van der Waals surface area contributed by atoms with Crippen LogP contribution in [0.5, 0.6) is 0 Å². The van der Waals surface area contributed by atoms with Gasteiger partial charge in [-0.15, -0.1) is 0 Å². The summed E-state index contributed by atoms with van der Waals surface area (Å²) >= 11 is 5.33. The highest BCUT2D eigenvalue weighted by atomic mass is 79.9. The lowest BCUT2D eigenvalue weighted by atomic mass is 10.2. The van der Waals surface area contributed by atoms with Crippen molar-refractivity contribution in [1.82, 2.24) is 0 Å². The fraction of sp³-hybridized carbons (Fsp3) is 0.200. The van der Waals surface area contributed by atoms with Crippen molar-refractivity contribution in [3.8, 4) is 0 Å². The average Bonchev–Trinajstić information content (AvgIpc) is 2.50. The lowest BCUT2D eigenvalue weighted by Gasteiger charge is -2.32. The molecule has 0 N–H and O–H groups in total. The first kappa shape index (κ1) is 14.3. The molecule has 106 valence electrons. The molecule has 0 aliphatic carbocycles. The number of hydrogen-bond donors (Lipinski definition) is 0. The summed E-state index contributed by atoms with van der Waals surface area (Å²) in [6.45, 7) is 1.36. The zero-order valence-electron chi connectivity index (χ0n) is 11.2. The molecular weight excluding hydrogens is 348 g/mol. The smallest absolute Gasteiger partial charge is 0.0553 e. The van der Waals surface area contributed by atoms with E-state index in [-0.39, 0.29) is 0 Å². The zero-order chi connectivity index (χ0) is 14.7. The maximum atomic E-state index is 8.39. The van der Waals surface area contributed by atoms with Crippen molar-refractivity contribution in [2.45, 2.75) is 16.2 Å².